The molecule has 2 rings (SSSR count). The fraction of sp³-hybridized carbons (Fsp3) is 0.214. The molecule has 6 nitrogen and oxygen atoms in total. The average molecular weight is 308 g/mol. The van der Waals surface area contributed by atoms with Gasteiger partial charge in [0, 0.05) is 36.7 Å². The number of hydrogen-bond acceptors (Lipinski definition) is 4. The van der Waals surface area contributed by atoms with Gasteiger partial charge in [-0.25, -0.2) is 0 Å². The van der Waals surface area contributed by atoms with Crippen LogP contribution in [0.15, 0.2) is 34.9 Å². The molecule has 0 radical (unpaired) electrons. The van der Waals surface area contributed by atoms with Gasteiger partial charge in [-0.3, -0.25) is 9.59 Å². The highest BCUT2D eigenvalue weighted by molar-refractivity contribution is 6.30. The van der Waals surface area contributed by atoms with Gasteiger partial charge in [0.2, 0.25) is 11.7 Å². The Labute approximate surface area is 126 Å². The third-order valence-electron chi connectivity index (χ3n) is 2.64. The van der Waals surface area contributed by atoms with Crippen molar-refractivity contribution in [3.63, 3.8) is 0 Å². The lowest BCUT2D eigenvalue weighted by molar-refractivity contribution is -0.118. The molecule has 0 atom stereocenters. The lowest BCUT2D eigenvalue weighted by Gasteiger charge is -2.02. The van der Waals surface area contributed by atoms with E-state index in [9.17, 15) is 9.59 Å². The summed E-state index contributed by atoms with van der Waals surface area (Å²) in [6.07, 6.45) is 0. The number of benzene rings is 1. The molecule has 1 aromatic heterocycles. The Bertz CT molecular complexity index is 654. The van der Waals surface area contributed by atoms with Gasteiger partial charge in [-0.05, 0) is 12.1 Å². The Kier molecular flexibility index (Phi) is 4.94. The third-order valence-corrected chi connectivity index (χ3v) is 2.87. The summed E-state index contributed by atoms with van der Waals surface area (Å²) >= 11 is 5.90. The van der Waals surface area contributed by atoms with Crippen LogP contribution in [0.3, 0.4) is 0 Å². The van der Waals surface area contributed by atoms with E-state index < -0.39 is 0 Å². The summed E-state index contributed by atoms with van der Waals surface area (Å²) in [7, 11) is 0. The van der Waals surface area contributed by atoms with Crippen molar-refractivity contribution >= 4 is 23.4 Å². The molecule has 0 bridgehead atoms. The van der Waals surface area contributed by atoms with E-state index in [-0.39, 0.29) is 17.6 Å². The van der Waals surface area contributed by atoms with Crippen LogP contribution in [0.2, 0.25) is 5.02 Å². The van der Waals surface area contributed by atoms with Crippen molar-refractivity contribution in [2.45, 2.75) is 6.92 Å². The Morgan fingerprint density at radius 2 is 2.00 bits per heavy atom. The quantitative estimate of drug-likeness (QED) is 0.826. The van der Waals surface area contributed by atoms with Gasteiger partial charge in [0.15, 0.2) is 0 Å². The van der Waals surface area contributed by atoms with Gasteiger partial charge >= 0.3 is 0 Å². The molecule has 2 aromatic rings. The first-order valence-electron chi connectivity index (χ1n) is 6.31. The van der Waals surface area contributed by atoms with Crippen molar-refractivity contribution in [1.82, 2.24) is 15.8 Å². The maximum atomic E-state index is 11.8. The van der Waals surface area contributed by atoms with E-state index in [0.29, 0.717) is 23.8 Å². The highest BCUT2D eigenvalue weighted by Crippen LogP contribution is 2.22. The third kappa shape index (κ3) is 4.32. The standard InChI is InChI=1S/C14H14ClN3O3/c1-9(19)16-5-6-17-14(20)13-8-12(18-21-13)10-3-2-4-11(15)7-10/h2-4,7-8H,5-6H2,1H3,(H,16,19)(H,17,20). The molecule has 0 aliphatic rings. The van der Waals surface area contributed by atoms with Gasteiger partial charge in [0.1, 0.15) is 5.69 Å². The first-order chi connectivity index (χ1) is 10.1. The van der Waals surface area contributed by atoms with Crippen LogP contribution in [0, 0.1) is 0 Å². The molecule has 21 heavy (non-hydrogen) atoms. The zero-order valence-corrected chi connectivity index (χ0v) is 12.1. The van der Waals surface area contributed by atoms with Gasteiger partial charge in [0.25, 0.3) is 5.91 Å². The molecule has 1 heterocycles. The molecule has 2 N–H and O–H groups in total. The van der Waals surface area contributed by atoms with Crippen molar-refractivity contribution in [2.24, 2.45) is 0 Å². The molecule has 0 saturated heterocycles. The Balaban J connectivity index is 1.96. The van der Waals surface area contributed by atoms with Crippen LogP contribution < -0.4 is 10.6 Å². The summed E-state index contributed by atoms with van der Waals surface area (Å²) in [5.74, 6) is -0.430. The molecular weight excluding hydrogens is 294 g/mol. The van der Waals surface area contributed by atoms with E-state index in [1.54, 1.807) is 24.3 Å². The molecule has 0 aliphatic carbocycles. The number of amides is 2. The molecule has 0 saturated carbocycles. The molecule has 0 unspecified atom stereocenters. The minimum atomic E-state index is -0.388. The molecule has 0 spiro atoms. The van der Waals surface area contributed by atoms with Crippen LogP contribution in [0.25, 0.3) is 11.3 Å². The number of nitrogens with one attached hydrogen (secondary N) is 2. The highest BCUT2D eigenvalue weighted by Gasteiger charge is 2.13. The summed E-state index contributed by atoms with van der Waals surface area (Å²) in [6.45, 7) is 2.08. The van der Waals surface area contributed by atoms with E-state index in [1.807, 2.05) is 6.07 Å². The number of rotatable bonds is 5. The Morgan fingerprint density at radius 3 is 2.71 bits per heavy atom. The zero-order valence-electron chi connectivity index (χ0n) is 11.4. The number of carbonyl (C=O) groups is 2. The minimum Gasteiger partial charge on any atom is -0.355 e. The number of carbonyl (C=O) groups excluding carboxylic acids is 2. The average Bonchev–Trinajstić information content (AvgIpc) is 2.93. The van der Waals surface area contributed by atoms with Crippen molar-refractivity contribution in [3.8, 4) is 11.3 Å². The number of aromatic nitrogens is 1. The normalized spacial score (nSPS) is 10.2. The van der Waals surface area contributed by atoms with Gasteiger partial charge in [0.05, 0.1) is 0 Å². The van der Waals surface area contributed by atoms with Crippen molar-refractivity contribution in [2.75, 3.05) is 13.1 Å². The molecule has 110 valence electrons. The second kappa shape index (κ2) is 6.90. The molecule has 2 amide bonds. The van der Waals surface area contributed by atoms with Crippen LogP contribution in [-0.2, 0) is 4.79 Å². The smallest absolute Gasteiger partial charge is 0.289 e. The van der Waals surface area contributed by atoms with Crippen LogP contribution in [-0.4, -0.2) is 30.1 Å². The number of hydrogen-bond donors (Lipinski definition) is 2. The molecule has 1 aromatic carbocycles. The van der Waals surface area contributed by atoms with Crippen LogP contribution >= 0.6 is 11.6 Å². The topological polar surface area (TPSA) is 84.2 Å². The highest BCUT2D eigenvalue weighted by atomic mass is 35.5. The largest absolute Gasteiger partial charge is 0.355 e. The fourth-order valence-electron chi connectivity index (χ4n) is 1.67. The molecule has 7 heteroatoms. The summed E-state index contributed by atoms with van der Waals surface area (Å²) in [4.78, 5) is 22.5. The monoisotopic (exact) mass is 307 g/mol. The second-order valence-electron chi connectivity index (χ2n) is 4.33. The van der Waals surface area contributed by atoms with Gasteiger partial charge < -0.3 is 15.2 Å². The van der Waals surface area contributed by atoms with Gasteiger partial charge in [-0.1, -0.05) is 28.9 Å². The van der Waals surface area contributed by atoms with Crippen molar-refractivity contribution in [3.05, 3.63) is 41.1 Å². The zero-order chi connectivity index (χ0) is 15.2. The van der Waals surface area contributed by atoms with E-state index in [1.165, 1.54) is 6.92 Å². The molecule has 0 aliphatic heterocycles. The molecular formula is C14H14ClN3O3. The summed E-state index contributed by atoms with van der Waals surface area (Å²) < 4.78 is 5.01. The number of nitrogens with zero attached hydrogens (tertiary/aromatic N) is 1. The lowest BCUT2D eigenvalue weighted by Crippen LogP contribution is -2.33. The second-order valence-corrected chi connectivity index (χ2v) is 4.76. The Morgan fingerprint density at radius 1 is 1.24 bits per heavy atom. The SMILES string of the molecule is CC(=O)NCCNC(=O)c1cc(-c2cccc(Cl)c2)no1. The fourth-order valence-corrected chi connectivity index (χ4v) is 1.86. The van der Waals surface area contributed by atoms with Crippen LogP contribution in [0.4, 0.5) is 0 Å². The van der Waals surface area contributed by atoms with Gasteiger partial charge in [-0.2, -0.15) is 0 Å². The van der Waals surface area contributed by atoms with E-state index in [4.69, 9.17) is 16.1 Å². The predicted octanol–water partition coefficient (Wildman–Crippen LogP) is 1.86. The van der Waals surface area contributed by atoms with Crippen molar-refractivity contribution < 1.29 is 14.1 Å². The Hall–Kier alpha value is -2.34. The first-order valence-corrected chi connectivity index (χ1v) is 6.69. The van der Waals surface area contributed by atoms with E-state index in [0.717, 1.165) is 5.56 Å². The predicted molar refractivity (Wildman–Crippen MR) is 78.0 cm³/mol. The summed E-state index contributed by atoms with van der Waals surface area (Å²) in [5.41, 5.74) is 1.30. The van der Waals surface area contributed by atoms with Gasteiger partial charge in [-0.15, -0.1) is 0 Å². The number of halogens is 1. The maximum absolute atomic E-state index is 11.8. The summed E-state index contributed by atoms with van der Waals surface area (Å²) in [6, 6.07) is 8.64. The van der Waals surface area contributed by atoms with Crippen LogP contribution in [0.5, 0.6) is 0 Å². The van der Waals surface area contributed by atoms with Crippen LogP contribution in [0.1, 0.15) is 17.5 Å². The minimum absolute atomic E-state index is 0.104. The lowest BCUT2D eigenvalue weighted by atomic mass is 10.1. The first kappa shape index (κ1) is 15.1. The van der Waals surface area contributed by atoms with E-state index >= 15 is 0 Å². The maximum Gasteiger partial charge on any atom is 0.289 e. The van der Waals surface area contributed by atoms with E-state index in [2.05, 4.69) is 15.8 Å². The van der Waals surface area contributed by atoms with Crippen molar-refractivity contribution in [1.29, 1.82) is 0 Å². The molecule has 0 fully saturated rings. The summed E-state index contributed by atoms with van der Waals surface area (Å²) in [5, 5.41) is 9.61.